The number of nitrogens with zero attached hydrogens (tertiary/aromatic N) is 3. The summed E-state index contributed by atoms with van der Waals surface area (Å²) >= 11 is 0. The van der Waals surface area contributed by atoms with Crippen molar-refractivity contribution in [3.8, 4) is 0 Å². The van der Waals surface area contributed by atoms with E-state index in [1.54, 1.807) is 0 Å². The standard InChI is InChI=1S/C18H28N4O2/c1-15-4-2-6-19-17(15)13-21-7-9-22(10-8-21)14-18(23)20-12-16-5-3-11-24-16/h2,4,6,16H,3,5,7-14H2,1H3,(H,20,23). The molecule has 2 aliphatic heterocycles. The summed E-state index contributed by atoms with van der Waals surface area (Å²) in [7, 11) is 0. The third-order valence-corrected chi connectivity index (χ3v) is 4.87. The molecule has 1 unspecified atom stereocenters. The molecule has 1 aromatic heterocycles. The predicted molar refractivity (Wildman–Crippen MR) is 92.7 cm³/mol. The number of amides is 1. The Labute approximate surface area is 144 Å². The van der Waals surface area contributed by atoms with Crippen molar-refractivity contribution in [2.75, 3.05) is 45.9 Å². The van der Waals surface area contributed by atoms with Gasteiger partial charge in [0.05, 0.1) is 18.3 Å². The molecule has 0 saturated carbocycles. The zero-order valence-electron chi connectivity index (χ0n) is 14.5. The number of carbonyl (C=O) groups is 1. The Morgan fingerprint density at radius 2 is 2.12 bits per heavy atom. The highest BCUT2D eigenvalue weighted by Gasteiger charge is 2.21. The summed E-state index contributed by atoms with van der Waals surface area (Å²) in [6.45, 7) is 8.80. The summed E-state index contributed by atoms with van der Waals surface area (Å²) in [6, 6.07) is 4.09. The van der Waals surface area contributed by atoms with Gasteiger partial charge in [-0.15, -0.1) is 0 Å². The van der Waals surface area contributed by atoms with E-state index in [2.05, 4.69) is 33.1 Å². The molecular weight excluding hydrogens is 304 g/mol. The molecule has 2 fully saturated rings. The zero-order chi connectivity index (χ0) is 16.8. The van der Waals surface area contributed by atoms with Crippen molar-refractivity contribution >= 4 is 5.91 Å². The minimum Gasteiger partial charge on any atom is -0.376 e. The first-order valence-corrected chi connectivity index (χ1v) is 8.94. The summed E-state index contributed by atoms with van der Waals surface area (Å²) in [4.78, 5) is 21.2. The van der Waals surface area contributed by atoms with E-state index in [-0.39, 0.29) is 12.0 Å². The molecule has 2 saturated heterocycles. The van der Waals surface area contributed by atoms with Gasteiger partial charge in [0.2, 0.25) is 5.91 Å². The molecule has 0 radical (unpaired) electrons. The summed E-state index contributed by atoms with van der Waals surface area (Å²) in [5.74, 6) is 0.111. The van der Waals surface area contributed by atoms with Crippen LogP contribution in [-0.4, -0.2) is 72.7 Å². The van der Waals surface area contributed by atoms with Gasteiger partial charge in [-0.25, -0.2) is 0 Å². The van der Waals surface area contributed by atoms with Crippen LogP contribution in [0.1, 0.15) is 24.1 Å². The van der Waals surface area contributed by atoms with Gasteiger partial charge in [0, 0.05) is 52.1 Å². The van der Waals surface area contributed by atoms with Gasteiger partial charge in [-0.1, -0.05) is 6.07 Å². The van der Waals surface area contributed by atoms with Gasteiger partial charge in [0.15, 0.2) is 0 Å². The molecule has 1 amide bonds. The van der Waals surface area contributed by atoms with Gasteiger partial charge >= 0.3 is 0 Å². The van der Waals surface area contributed by atoms with E-state index < -0.39 is 0 Å². The molecule has 1 atom stereocenters. The van der Waals surface area contributed by atoms with Gasteiger partial charge < -0.3 is 10.1 Å². The SMILES string of the molecule is Cc1cccnc1CN1CCN(CC(=O)NCC2CCCO2)CC1. The molecule has 24 heavy (non-hydrogen) atoms. The van der Waals surface area contributed by atoms with Crippen molar-refractivity contribution in [3.63, 3.8) is 0 Å². The zero-order valence-corrected chi connectivity index (χ0v) is 14.5. The Balaban J connectivity index is 1.35. The first-order valence-electron chi connectivity index (χ1n) is 8.94. The molecule has 6 heteroatoms. The molecule has 1 N–H and O–H groups in total. The topological polar surface area (TPSA) is 57.7 Å². The van der Waals surface area contributed by atoms with Gasteiger partial charge in [0.25, 0.3) is 0 Å². The summed E-state index contributed by atoms with van der Waals surface area (Å²) < 4.78 is 5.53. The van der Waals surface area contributed by atoms with Crippen molar-refractivity contribution < 1.29 is 9.53 Å². The quantitative estimate of drug-likeness (QED) is 0.835. The van der Waals surface area contributed by atoms with E-state index in [4.69, 9.17) is 4.74 Å². The smallest absolute Gasteiger partial charge is 0.234 e. The maximum Gasteiger partial charge on any atom is 0.234 e. The fourth-order valence-electron chi connectivity index (χ4n) is 3.29. The number of nitrogens with one attached hydrogen (secondary N) is 1. The molecule has 0 bridgehead atoms. The van der Waals surface area contributed by atoms with Crippen LogP contribution in [0.5, 0.6) is 0 Å². The molecule has 1 aromatic rings. The van der Waals surface area contributed by atoms with E-state index in [0.29, 0.717) is 13.1 Å². The summed E-state index contributed by atoms with van der Waals surface area (Å²) in [5, 5.41) is 3.00. The lowest BCUT2D eigenvalue weighted by atomic mass is 10.2. The van der Waals surface area contributed by atoms with Crippen molar-refractivity contribution in [2.45, 2.75) is 32.4 Å². The van der Waals surface area contributed by atoms with Crippen LogP contribution < -0.4 is 5.32 Å². The van der Waals surface area contributed by atoms with Crippen LogP contribution in [0.4, 0.5) is 0 Å². The maximum atomic E-state index is 12.1. The van der Waals surface area contributed by atoms with E-state index in [1.807, 2.05) is 12.3 Å². The van der Waals surface area contributed by atoms with Crippen LogP contribution in [0.2, 0.25) is 0 Å². The van der Waals surface area contributed by atoms with Crippen LogP contribution in [0, 0.1) is 6.92 Å². The first kappa shape index (κ1) is 17.3. The number of aryl methyl sites for hydroxylation is 1. The number of ether oxygens (including phenoxy) is 1. The average molecular weight is 332 g/mol. The Bertz CT molecular complexity index is 538. The first-order chi connectivity index (χ1) is 11.7. The maximum absolute atomic E-state index is 12.1. The van der Waals surface area contributed by atoms with Gasteiger partial charge in [0.1, 0.15) is 0 Å². The second-order valence-corrected chi connectivity index (χ2v) is 6.76. The Morgan fingerprint density at radius 3 is 2.83 bits per heavy atom. The van der Waals surface area contributed by atoms with Crippen molar-refractivity contribution in [1.82, 2.24) is 20.1 Å². The number of hydrogen-bond donors (Lipinski definition) is 1. The third-order valence-electron chi connectivity index (χ3n) is 4.87. The van der Waals surface area contributed by atoms with E-state index >= 15 is 0 Å². The fourth-order valence-corrected chi connectivity index (χ4v) is 3.29. The third kappa shape index (κ3) is 5.00. The van der Waals surface area contributed by atoms with Crippen molar-refractivity contribution in [2.24, 2.45) is 0 Å². The minimum absolute atomic E-state index is 0.111. The molecule has 0 aliphatic carbocycles. The Kier molecular flexibility index (Phi) is 6.18. The highest BCUT2D eigenvalue weighted by molar-refractivity contribution is 5.78. The Hall–Kier alpha value is -1.50. The normalized spacial score (nSPS) is 22.6. The lowest BCUT2D eigenvalue weighted by Gasteiger charge is -2.34. The molecular formula is C18H28N4O2. The van der Waals surface area contributed by atoms with Crippen molar-refractivity contribution in [1.29, 1.82) is 0 Å². The van der Waals surface area contributed by atoms with Crippen LogP contribution in [0.15, 0.2) is 18.3 Å². The summed E-state index contributed by atoms with van der Waals surface area (Å²) in [6.07, 6.45) is 4.24. The number of carbonyl (C=O) groups excluding carboxylic acids is 1. The highest BCUT2D eigenvalue weighted by Crippen LogP contribution is 2.11. The van der Waals surface area contributed by atoms with Crippen LogP contribution in [-0.2, 0) is 16.1 Å². The largest absolute Gasteiger partial charge is 0.376 e. The van der Waals surface area contributed by atoms with E-state index in [1.165, 1.54) is 5.56 Å². The molecule has 0 spiro atoms. The average Bonchev–Trinajstić information content (AvgIpc) is 3.10. The highest BCUT2D eigenvalue weighted by atomic mass is 16.5. The number of rotatable bonds is 6. The molecule has 3 rings (SSSR count). The number of piperazine rings is 1. The second-order valence-electron chi connectivity index (χ2n) is 6.76. The number of aromatic nitrogens is 1. The summed E-state index contributed by atoms with van der Waals surface area (Å²) in [5.41, 5.74) is 2.40. The monoisotopic (exact) mass is 332 g/mol. The molecule has 0 aromatic carbocycles. The van der Waals surface area contributed by atoms with Gasteiger partial charge in [-0.2, -0.15) is 0 Å². The molecule has 132 valence electrons. The molecule has 6 nitrogen and oxygen atoms in total. The van der Waals surface area contributed by atoms with E-state index in [0.717, 1.165) is 57.9 Å². The van der Waals surface area contributed by atoms with Crippen LogP contribution in [0.25, 0.3) is 0 Å². The fraction of sp³-hybridized carbons (Fsp3) is 0.667. The number of hydrogen-bond acceptors (Lipinski definition) is 5. The van der Waals surface area contributed by atoms with Crippen LogP contribution >= 0.6 is 0 Å². The molecule has 3 heterocycles. The van der Waals surface area contributed by atoms with Crippen molar-refractivity contribution in [3.05, 3.63) is 29.6 Å². The molecule has 2 aliphatic rings. The lowest BCUT2D eigenvalue weighted by Crippen LogP contribution is -2.49. The van der Waals surface area contributed by atoms with Gasteiger partial charge in [-0.05, 0) is 31.4 Å². The van der Waals surface area contributed by atoms with Gasteiger partial charge in [-0.3, -0.25) is 19.6 Å². The Morgan fingerprint density at radius 1 is 1.33 bits per heavy atom. The predicted octanol–water partition coefficient (Wildman–Crippen LogP) is 0.803. The van der Waals surface area contributed by atoms with E-state index in [9.17, 15) is 4.79 Å². The second kappa shape index (κ2) is 8.55. The van der Waals surface area contributed by atoms with Crippen LogP contribution in [0.3, 0.4) is 0 Å². The number of pyridine rings is 1. The minimum atomic E-state index is 0.111. The lowest BCUT2D eigenvalue weighted by molar-refractivity contribution is -0.123.